The zero-order valence-corrected chi connectivity index (χ0v) is 33.6. The smallest absolute Gasteiger partial charge is 0.407 e. The van der Waals surface area contributed by atoms with Gasteiger partial charge in [0, 0.05) is 31.3 Å². The molecule has 4 atom stereocenters. The van der Waals surface area contributed by atoms with Crippen LogP contribution in [-0.2, 0) is 14.3 Å². The lowest BCUT2D eigenvalue weighted by Gasteiger charge is -2.33. The van der Waals surface area contributed by atoms with Crippen LogP contribution in [0, 0.1) is 11.8 Å². The van der Waals surface area contributed by atoms with Gasteiger partial charge >= 0.3 is 12.2 Å². The number of alkyl carbamates (subject to hydrolysis) is 1. The number of hydrogen-bond donors (Lipinski definition) is 4. The monoisotopic (exact) mass is 790 g/mol. The van der Waals surface area contributed by atoms with Gasteiger partial charge in [-0.2, -0.15) is 0 Å². The fourth-order valence-corrected chi connectivity index (χ4v) is 8.14. The van der Waals surface area contributed by atoms with E-state index in [0.717, 1.165) is 75.4 Å². The number of benzene rings is 2. The molecule has 7 rings (SSSR count). The lowest BCUT2D eigenvalue weighted by atomic mass is 10.0. The van der Waals surface area contributed by atoms with Gasteiger partial charge in [-0.25, -0.2) is 24.5 Å². The first-order chi connectivity index (χ1) is 27.8. The average Bonchev–Trinajstić information content (AvgIpc) is 4.06. The van der Waals surface area contributed by atoms with Gasteiger partial charge in [0.2, 0.25) is 11.8 Å². The number of amides is 4. The van der Waals surface area contributed by atoms with Crippen LogP contribution in [0.4, 0.5) is 9.59 Å². The Morgan fingerprint density at radius 1 is 0.776 bits per heavy atom. The zero-order valence-electron chi connectivity index (χ0n) is 33.6. The molecule has 4 amide bonds. The normalized spacial score (nSPS) is 17.9. The minimum absolute atomic E-state index is 0.120. The highest BCUT2D eigenvalue weighted by atomic mass is 16.5. The number of ether oxygens (including phenoxy) is 1. The van der Waals surface area contributed by atoms with Crippen molar-refractivity contribution in [2.24, 2.45) is 11.8 Å². The van der Waals surface area contributed by atoms with Gasteiger partial charge in [-0.15, -0.1) is 0 Å². The Morgan fingerprint density at radius 2 is 1.34 bits per heavy atom. The Bertz CT molecular complexity index is 2300. The van der Waals surface area contributed by atoms with E-state index >= 15 is 0 Å². The van der Waals surface area contributed by atoms with E-state index in [1.165, 1.54) is 14.2 Å². The third kappa shape index (κ3) is 7.95. The fraction of sp³-hybridized carbons (Fsp3) is 0.429. The lowest BCUT2D eigenvalue weighted by Crippen LogP contribution is -2.51. The van der Waals surface area contributed by atoms with Crippen molar-refractivity contribution in [2.75, 3.05) is 27.2 Å². The van der Waals surface area contributed by atoms with Gasteiger partial charge in [0.25, 0.3) is 0 Å². The van der Waals surface area contributed by atoms with Crippen LogP contribution >= 0.6 is 0 Å². The highest BCUT2D eigenvalue weighted by molar-refractivity contribution is 5.87. The second-order valence-corrected chi connectivity index (χ2v) is 15.7. The number of hydrogen-bond acceptors (Lipinski definition) is 9. The predicted molar refractivity (Wildman–Crippen MR) is 216 cm³/mol. The molecule has 4 N–H and O–H groups in total. The molecule has 0 radical (unpaired) electrons. The number of likely N-dealkylation sites (tertiary alicyclic amines) is 2. The highest BCUT2D eigenvalue weighted by Crippen LogP contribution is 2.35. The Balaban J connectivity index is 1.03. The first kappa shape index (κ1) is 39.9. The molecule has 2 aromatic carbocycles. The Hall–Kier alpha value is -6.32. The molecule has 16 heteroatoms. The first-order valence-electron chi connectivity index (χ1n) is 19.7. The molecule has 2 aliphatic heterocycles. The quantitative estimate of drug-likeness (QED) is 0.116. The summed E-state index contributed by atoms with van der Waals surface area (Å²) < 4.78 is 4.75. The number of methoxy groups -OCH3 is 1. The van der Waals surface area contributed by atoms with Gasteiger partial charge in [0.15, 0.2) is 0 Å². The molecule has 5 heterocycles. The number of likely N-dealkylation sites (N-methyl/N-ethyl adjacent to an activating group) is 1. The molecule has 3 aromatic heterocycles. The van der Waals surface area contributed by atoms with Crippen molar-refractivity contribution in [3.63, 3.8) is 0 Å². The van der Waals surface area contributed by atoms with Crippen molar-refractivity contribution in [2.45, 2.75) is 77.5 Å². The van der Waals surface area contributed by atoms with E-state index in [4.69, 9.17) is 14.7 Å². The van der Waals surface area contributed by atoms with E-state index in [-0.39, 0.29) is 35.7 Å². The van der Waals surface area contributed by atoms with E-state index in [1.807, 2.05) is 70.2 Å². The average molecular weight is 791 g/mol. The van der Waals surface area contributed by atoms with Gasteiger partial charge in [-0.05, 0) is 55.2 Å². The number of carbonyl (C=O) groups excluding carboxylic acids is 3. The van der Waals surface area contributed by atoms with Crippen LogP contribution in [-0.4, -0.2) is 113 Å². The van der Waals surface area contributed by atoms with Crippen LogP contribution in [0.25, 0.3) is 44.8 Å². The van der Waals surface area contributed by atoms with Crippen molar-refractivity contribution in [1.82, 2.24) is 49.9 Å². The van der Waals surface area contributed by atoms with Crippen molar-refractivity contribution < 1.29 is 29.0 Å². The molecule has 2 saturated heterocycles. The van der Waals surface area contributed by atoms with Crippen molar-refractivity contribution in [3.8, 4) is 33.8 Å². The maximum Gasteiger partial charge on any atom is 0.407 e. The van der Waals surface area contributed by atoms with Crippen LogP contribution < -0.4 is 5.32 Å². The molecule has 0 saturated carbocycles. The number of nitrogens with zero attached hydrogens (tertiary/aromatic N) is 7. The summed E-state index contributed by atoms with van der Waals surface area (Å²) in [5.41, 5.74) is 6.49. The van der Waals surface area contributed by atoms with Crippen LogP contribution in [0.3, 0.4) is 0 Å². The summed E-state index contributed by atoms with van der Waals surface area (Å²) in [6.45, 7) is 8.61. The summed E-state index contributed by atoms with van der Waals surface area (Å²) in [6, 6.07) is 11.8. The second kappa shape index (κ2) is 16.6. The molecule has 0 aliphatic carbocycles. The van der Waals surface area contributed by atoms with Crippen molar-refractivity contribution in [1.29, 1.82) is 0 Å². The van der Waals surface area contributed by atoms with E-state index in [1.54, 1.807) is 28.4 Å². The van der Waals surface area contributed by atoms with Crippen molar-refractivity contribution >= 4 is 35.0 Å². The van der Waals surface area contributed by atoms with Crippen LogP contribution in [0.1, 0.15) is 77.1 Å². The Kier molecular flexibility index (Phi) is 11.5. The van der Waals surface area contributed by atoms with Gasteiger partial charge < -0.3 is 34.9 Å². The molecule has 16 nitrogen and oxygen atoms in total. The third-order valence-electron chi connectivity index (χ3n) is 11.2. The third-order valence-corrected chi connectivity index (χ3v) is 11.2. The van der Waals surface area contributed by atoms with E-state index in [2.05, 4.69) is 25.3 Å². The minimum Gasteiger partial charge on any atom is -0.465 e. The zero-order chi connectivity index (χ0) is 41.2. The first-order valence-corrected chi connectivity index (χ1v) is 19.7. The number of aromatic nitrogens is 6. The Labute approximate surface area is 336 Å². The van der Waals surface area contributed by atoms with Gasteiger partial charge in [0.05, 0.1) is 65.9 Å². The number of H-pyrrole nitrogens is 2. The summed E-state index contributed by atoms with van der Waals surface area (Å²) >= 11 is 0. The molecule has 304 valence electrons. The summed E-state index contributed by atoms with van der Waals surface area (Å²) in [5.74, 6) is 0.700. The topological polar surface area (TPSA) is 203 Å². The lowest BCUT2D eigenvalue weighted by molar-refractivity contribution is -0.138. The number of nitrogens with one attached hydrogen (secondary N) is 3. The van der Waals surface area contributed by atoms with Crippen LogP contribution in [0.5, 0.6) is 0 Å². The van der Waals surface area contributed by atoms with E-state index < -0.39 is 24.3 Å². The molecule has 58 heavy (non-hydrogen) atoms. The van der Waals surface area contributed by atoms with Crippen LogP contribution in [0.15, 0.2) is 61.1 Å². The number of carbonyl (C=O) groups is 4. The van der Waals surface area contributed by atoms with Crippen LogP contribution in [0.2, 0.25) is 0 Å². The van der Waals surface area contributed by atoms with Gasteiger partial charge in [0.1, 0.15) is 23.7 Å². The molecular weight excluding hydrogens is 741 g/mol. The largest absolute Gasteiger partial charge is 0.465 e. The maximum absolute atomic E-state index is 13.6. The maximum atomic E-state index is 13.6. The number of rotatable bonds is 11. The van der Waals surface area contributed by atoms with E-state index in [0.29, 0.717) is 24.7 Å². The standard InChI is InChI=1S/C42H50N10O6/c1-23(2)35(49-41(55)58-6)39(53)51-17-7-9-33(51)37-45-22-32(48-37)27-15-16-28-29(19-27)43-20-30(46-28)25-11-13-26(14-12-25)31-21-44-38(47-31)34-10-8-18-52(34)40(54)36(24(3)4)50(5)42(56)57/h11-16,19-24,33-36H,7-10,17-18H2,1-6H3,(H,44,47)(H,45,48)(H,49,55)(H,56,57)/t33-,34-,35-,36-/m0/s1. The highest BCUT2D eigenvalue weighted by Gasteiger charge is 2.40. The Morgan fingerprint density at radius 3 is 1.91 bits per heavy atom. The van der Waals surface area contributed by atoms with Crippen molar-refractivity contribution in [3.05, 3.63) is 72.7 Å². The molecule has 0 unspecified atom stereocenters. The fourth-order valence-electron chi connectivity index (χ4n) is 8.14. The molecule has 5 aromatic rings. The number of aromatic amines is 2. The molecule has 2 fully saturated rings. The van der Waals surface area contributed by atoms with E-state index in [9.17, 15) is 24.3 Å². The molecular formula is C42H50N10O6. The molecule has 2 aliphatic rings. The van der Waals surface area contributed by atoms with Gasteiger partial charge in [-0.1, -0.05) is 58.0 Å². The minimum atomic E-state index is -1.13. The number of imidazole rings is 2. The second-order valence-electron chi connectivity index (χ2n) is 15.7. The molecule has 0 spiro atoms. The summed E-state index contributed by atoms with van der Waals surface area (Å²) in [6.07, 6.45) is 6.65. The summed E-state index contributed by atoms with van der Waals surface area (Å²) in [5, 5.41) is 12.3. The molecule has 0 bridgehead atoms. The summed E-state index contributed by atoms with van der Waals surface area (Å²) in [4.78, 5) is 81.3. The number of carboxylic acid groups (broad SMARTS) is 1. The number of fused-ring (bicyclic) bond motifs is 1. The van der Waals surface area contributed by atoms with Gasteiger partial charge in [-0.3, -0.25) is 19.5 Å². The summed E-state index contributed by atoms with van der Waals surface area (Å²) in [7, 11) is 2.72. The predicted octanol–water partition coefficient (Wildman–Crippen LogP) is 6.42. The SMILES string of the molecule is COC(=O)N[C@H](C(=O)N1CCC[C@H]1c1ncc(-c2ccc3nc(-c4ccc(-c5cnc([C@@H]6CCCN6C(=O)[C@H](C(C)C)N(C)C(=O)O)[nH]5)cc4)cnc3c2)[nH]1)C(C)C.